The van der Waals surface area contributed by atoms with E-state index in [0.29, 0.717) is 5.82 Å². The van der Waals surface area contributed by atoms with Gasteiger partial charge < -0.3 is 10.5 Å². The molecule has 6 nitrogen and oxygen atoms in total. The molecule has 1 aromatic heterocycles. The molecule has 1 heterocycles. The minimum Gasteiger partial charge on any atom is -0.491 e. The van der Waals surface area contributed by atoms with Crippen LogP contribution in [-0.2, 0) is 0 Å². The van der Waals surface area contributed by atoms with Gasteiger partial charge in [0.2, 0.25) is 0 Å². The Morgan fingerprint density at radius 1 is 1.24 bits per heavy atom. The van der Waals surface area contributed by atoms with E-state index in [0.717, 1.165) is 11.3 Å². The summed E-state index contributed by atoms with van der Waals surface area (Å²) in [5.74, 6) is 1.30. The zero-order valence-electron chi connectivity index (χ0n) is 9.79. The summed E-state index contributed by atoms with van der Waals surface area (Å²) < 4.78 is 5.55. The first kappa shape index (κ1) is 11.5. The number of tetrazole rings is 1. The Bertz CT molecular complexity index is 451. The second kappa shape index (κ2) is 4.92. The molecular weight excluding hydrogens is 218 g/mol. The lowest BCUT2D eigenvalue weighted by molar-refractivity contribution is 0.242. The molecule has 0 fully saturated rings. The van der Waals surface area contributed by atoms with Crippen molar-refractivity contribution in [2.45, 2.75) is 26.0 Å². The van der Waals surface area contributed by atoms with Gasteiger partial charge in [0.15, 0.2) is 5.82 Å². The molecule has 0 radical (unpaired) electrons. The fourth-order valence-corrected chi connectivity index (χ4v) is 1.48. The fraction of sp³-hybridized carbons (Fsp3) is 0.364. The first-order chi connectivity index (χ1) is 8.16. The lowest BCUT2D eigenvalue weighted by Crippen LogP contribution is -2.13. The minimum atomic E-state index is -0.373. The van der Waals surface area contributed by atoms with E-state index in [9.17, 15) is 0 Å². The van der Waals surface area contributed by atoms with E-state index >= 15 is 0 Å². The third-order valence-electron chi connectivity index (χ3n) is 2.25. The van der Waals surface area contributed by atoms with Gasteiger partial charge in [-0.2, -0.15) is 5.21 Å². The van der Waals surface area contributed by atoms with Gasteiger partial charge in [-0.05, 0) is 31.5 Å². The monoisotopic (exact) mass is 233 g/mol. The van der Waals surface area contributed by atoms with Crippen molar-refractivity contribution in [3.63, 3.8) is 0 Å². The number of H-pyrrole nitrogens is 1. The number of aromatic nitrogens is 4. The summed E-state index contributed by atoms with van der Waals surface area (Å²) >= 11 is 0. The Kier molecular flexibility index (Phi) is 3.34. The number of ether oxygens (including phenoxy) is 1. The average Bonchev–Trinajstić information content (AvgIpc) is 2.82. The van der Waals surface area contributed by atoms with Gasteiger partial charge in [0.05, 0.1) is 12.1 Å². The molecule has 0 saturated carbocycles. The summed E-state index contributed by atoms with van der Waals surface area (Å²) in [6.45, 7) is 3.97. The van der Waals surface area contributed by atoms with Gasteiger partial charge in [0.1, 0.15) is 5.75 Å². The number of benzene rings is 1. The van der Waals surface area contributed by atoms with Crippen LogP contribution in [0.25, 0.3) is 0 Å². The standard InChI is InChI=1S/C11H15N5O/c1-7(2)17-9-5-3-8(4-6-9)10(12)11-13-15-16-14-11/h3-7,10H,12H2,1-2H3,(H,13,14,15,16). The molecule has 1 atom stereocenters. The summed E-state index contributed by atoms with van der Waals surface area (Å²) in [6, 6.07) is 7.20. The van der Waals surface area contributed by atoms with Gasteiger partial charge >= 0.3 is 0 Å². The van der Waals surface area contributed by atoms with Gasteiger partial charge in [0, 0.05) is 0 Å². The maximum absolute atomic E-state index is 5.99. The SMILES string of the molecule is CC(C)Oc1ccc(C(N)c2nn[nH]n2)cc1. The molecule has 90 valence electrons. The van der Waals surface area contributed by atoms with E-state index in [1.54, 1.807) is 0 Å². The minimum absolute atomic E-state index is 0.159. The van der Waals surface area contributed by atoms with E-state index in [1.165, 1.54) is 0 Å². The van der Waals surface area contributed by atoms with Crippen molar-refractivity contribution in [1.82, 2.24) is 20.6 Å². The van der Waals surface area contributed by atoms with Crippen LogP contribution in [0.2, 0.25) is 0 Å². The molecular formula is C11H15N5O. The predicted molar refractivity (Wildman–Crippen MR) is 62.4 cm³/mol. The molecule has 0 amide bonds. The molecule has 2 rings (SSSR count). The summed E-state index contributed by atoms with van der Waals surface area (Å²) in [5, 5.41) is 13.6. The van der Waals surface area contributed by atoms with Crippen molar-refractivity contribution >= 4 is 0 Å². The second-order valence-corrected chi connectivity index (χ2v) is 3.98. The molecule has 1 aromatic carbocycles. The molecule has 0 spiro atoms. The van der Waals surface area contributed by atoms with Crippen molar-refractivity contribution in [2.75, 3.05) is 0 Å². The van der Waals surface area contributed by atoms with Gasteiger partial charge in [-0.1, -0.05) is 17.3 Å². The Balaban J connectivity index is 2.12. The topological polar surface area (TPSA) is 89.7 Å². The normalized spacial score (nSPS) is 12.7. The van der Waals surface area contributed by atoms with E-state index in [2.05, 4.69) is 20.6 Å². The number of nitrogens with one attached hydrogen (secondary N) is 1. The number of hydrogen-bond acceptors (Lipinski definition) is 5. The van der Waals surface area contributed by atoms with Crippen molar-refractivity contribution in [2.24, 2.45) is 5.73 Å². The van der Waals surface area contributed by atoms with Crippen LogP contribution in [-0.4, -0.2) is 26.7 Å². The molecule has 0 aliphatic rings. The van der Waals surface area contributed by atoms with Crippen molar-refractivity contribution < 1.29 is 4.74 Å². The largest absolute Gasteiger partial charge is 0.491 e. The smallest absolute Gasteiger partial charge is 0.195 e. The lowest BCUT2D eigenvalue weighted by atomic mass is 10.1. The maximum Gasteiger partial charge on any atom is 0.195 e. The van der Waals surface area contributed by atoms with Gasteiger partial charge in [-0.3, -0.25) is 0 Å². The van der Waals surface area contributed by atoms with Crippen LogP contribution < -0.4 is 10.5 Å². The Morgan fingerprint density at radius 2 is 1.94 bits per heavy atom. The molecule has 17 heavy (non-hydrogen) atoms. The average molecular weight is 233 g/mol. The molecule has 0 saturated heterocycles. The summed E-state index contributed by atoms with van der Waals surface area (Å²) in [5.41, 5.74) is 6.91. The molecule has 3 N–H and O–H groups in total. The fourth-order valence-electron chi connectivity index (χ4n) is 1.48. The predicted octanol–water partition coefficient (Wildman–Crippen LogP) is 1.03. The summed E-state index contributed by atoms with van der Waals surface area (Å²) in [4.78, 5) is 0. The summed E-state index contributed by atoms with van der Waals surface area (Å²) in [6.07, 6.45) is 0.159. The highest BCUT2D eigenvalue weighted by Gasteiger charge is 2.13. The van der Waals surface area contributed by atoms with E-state index in [4.69, 9.17) is 10.5 Å². The molecule has 0 aliphatic heterocycles. The molecule has 2 aromatic rings. The van der Waals surface area contributed by atoms with Gasteiger partial charge in [-0.25, -0.2) is 0 Å². The van der Waals surface area contributed by atoms with Crippen molar-refractivity contribution in [1.29, 1.82) is 0 Å². The number of nitrogens with zero attached hydrogens (tertiary/aromatic N) is 3. The van der Waals surface area contributed by atoms with Crippen LogP contribution in [0.15, 0.2) is 24.3 Å². The first-order valence-electron chi connectivity index (χ1n) is 5.42. The maximum atomic E-state index is 5.99. The van der Waals surface area contributed by atoms with Gasteiger partial charge in [0.25, 0.3) is 0 Å². The van der Waals surface area contributed by atoms with Crippen LogP contribution in [0.3, 0.4) is 0 Å². The zero-order chi connectivity index (χ0) is 12.3. The third kappa shape index (κ3) is 2.79. The van der Waals surface area contributed by atoms with Crippen molar-refractivity contribution in [3.8, 4) is 5.75 Å². The Morgan fingerprint density at radius 3 is 2.47 bits per heavy atom. The van der Waals surface area contributed by atoms with Crippen LogP contribution in [0.1, 0.15) is 31.3 Å². The van der Waals surface area contributed by atoms with Crippen LogP contribution >= 0.6 is 0 Å². The van der Waals surface area contributed by atoms with Crippen LogP contribution in [0.4, 0.5) is 0 Å². The van der Waals surface area contributed by atoms with Gasteiger partial charge in [-0.15, -0.1) is 10.2 Å². The Labute approximate surface area is 99.2 Å². The third-order valence-corrected chi connectivity index (χ3v) is 2.25. The molecule has 1 unspecified atom stereocenters. The van der Waals surface area contributed by atoms with E-state index < -0.39 is 0 Å². The number of nitrogens with two attached hydrogens (primary N) is 1. The highest BCUT2D eigenvalue weighted by molar-refractivity contribution is 5.31. The molecule has 0 aliphatic carbocycles. The quantitative estimate of drug-likeness (QED) is 0.823. The number of hydrogen-bond donors (Lipinski definition) is 2. The molecule has 0 bridgehead atoms. The number of aromatic amines is 1. The van der Waals surface area contributed by atoms with Crippen LogP contribution in [0, 0.1) is 0 Å². The van der Waals surface area contributed by atoms with E-state index in [-0.39, 0.29) is 12.1 Å². The molecule has 6 heteroatoms. The zero-order valence-corrected chi connectivity index (χ0v) is 9.79. The Hall–Kier alpha value is -1.95. The van der Waals surface area contributed by atoms with Crippen LogP contribution in [0.5, 0.6) is 5.75 Å². The van der Waals surface area contributed by atoms with Crippen molar-refractivity contribution in [3.05, 3.63) is 35.7 Å². The highest BCUT2D eigenvalue weighted by atomic mass is 16.5. The second-order valence-electron chi connectivity index (χ2n) is 3.98. The first-order valence-corrected chi connectivity index (χ1v) is 5.42. The lowest BCUT2D eigenvalue weighted by Gasteiger charge is -2.11. The summed E-state index contributed by atoms with van der Waals surface area (Å²) in [7, 11) is 0. The van der Waals surface area contributed by atoms with E-state index in [1.807, 2.05) is 38.1 Å². The number of rotatable bonds is 4. The highest BCUT2D eigenvalue weighted by Crippen LogP contribution is 2.19.